The van der Waals surface area contributed by atoms with Crippen LogP contribution in [-0.4, -0.2) is 31.4 Å². The molecule has 122 valence electrons. The molecule has 0 atom stereocenters. The molecule has 0 amide bonds. The normalized spacial score (nSPS) is 11.5. The highest BCUT2D eigenvalue weighted by molar-refractivity contribution is 7.13. The van der Waals surface area contributed by atoms with E-state index in [2.05, 4.69) is 20.2 Å². The number of thiazole rings is 1. The summed E-state index contributed by atoms with van der Waals surface area (Å²) in [5.41, 5.74) is 2.07. The van der Waals surface area contributed by atoms with E-state index in [1.807, 2.05) is 37.3 Å². The number of nitrogens with zero attached hydrogens (tertiary/aromatic N) is 5. The Bertz CT molecular complexity index is 856. The van der Waals surface area contributed by atoms with Gasteiger partial charge in [-0.05, 0) is 13.8 Å². The molecule has 0 radical (unpaired) electrons. The minimum absolute atomic E-state index is 0.345. The van der Waals surface area contributed by atoms with E-state index in [0.717, 1.165) is 10.6 Å². The summed E-state index contributed by atoms with van der Waals surface area (Å²) >= 11 is 1.29. The molecular formula is C16H15N5O2S. The van der Waals surface area contributed by atoms with Crippen LogP contribution in [0.25, 0.3) is 0 Å². The SMILES string of the molecule is Cc1nc(C)c(C(=O)O/N=C(\Cn2cncn2)c2ccccc2)s1. The van der Waals surface area contributed by atoms with Crippen molar-refractivity contribution in [1.29, 1.82) is 0 Å². The second-order valence-corrected chi connectivity index (χ2v) is 6.23. The summed E-state index contributed by atoms with van der Waals surface area (Å²) in [6.45, 7) is 3.97. The topological polar surface area (TPSA) is 82.3 Å². The van der Waals surface area contributed by atoms with Crippen LogP contribution in [0.2, 0.25) is 0 Å². The highest BCUT2D eigenvalue weighted by atomic mass is 32.1. The van der Waals surface area contributed by atoms with Crippen molar-refractivity contribution in [3.63, 3.8) is 0 Å². The molecule has 0 saturated heterocycles. The zero-order valence-electron chi connectivity index (χ0n) is 13.2. The molecule has 0 fully saturated rings. The van der Waals surface area contributed by atoms with Crippen LogP contribution >= 0.6 is 11.3 Å². The van der Waals surface area contributed by atoms with E-state index < -0.39 is 5.97 Å². The first-order valence-corrected chi connectivity index (χ1v) is 8.05. The van der Waals surface area contributed by atoms with Gasteiger partial charge in [-0.1, -0.05) is 35.5 Å². The molecule has 2 aromatic heterocycles. The van der Waals surface area contributed by atoms with Crippen LogP contribution < -0.4 is 0 Å². The fraction of sp³-hybridized carbons (Fsp3) is 0.188. The van der Waals surface area contributed by atoms with Crippen LogP contribution in [0, 0.1) is 13.8 Å². The van der Waals surface area contributed by atoms with Gasteiger partial charge in [0.05, 0.1) is 17.2 Å². The molecule has 0 aliphatic heterocycles. The molecule has 0 N–H and O–H groups in total. The third kappa shape index (κ3) is 3.72. The van der Waals surface area contributed by atoms with Gasteiger partial charge in [-0.15, -0.1) is 11.3 Å². The summed E-state index contributed by atoms with van der Waals surface area (Å²) in [5.74, 6) is -0.509. The Hall–Kier alpha value is -2.87. The fourth-order valence-corrected chi connectivity index (χ4v) is 2.92. The lowest BCUT2D eigenvalue weighted by Gasteiger charge is -2.06. The van der Waals surface area contributed by atoms with Gasteiger partial charge in [0, 0.05) is 5.56 Å². The Morgan fingerprint density at radius 2 is 2.08 bits per heavy atom. The molecule has 7 nitrogen and oxygen atoms in total. The third-order valence-electron chi connectivity index (χ3n) is 3.21. The number of aryl methyl sites for hydroxylation is 2. The first kappa shape index (κ1) is 16.0. The number of oxime groups is 1. The molecule has 1 aromatic carbocycles. The molecule has 24 heavy (non-hydrogen) atoms. The van der Waals surface area contributed by atoms with Crippen molar-refractivity contribution in [2.24, 2.45) is 5.16 Å². The van der Waals surface area contributed by atoms with Crippen LogP contribution in [0.5, 0.6) is 0 Å². The number of benzene rings is 1. The number of hydrogen-bond acceptors (Lipinski definition) is 7. The van der Waals surface area contributed by atoms with E-state index in [-0.39, 0.29) is 0 Å². The van der Waals surface area contributed by atoms with Crippen molar-refractivity contribution in [3.8, 4) is 0 Å². The molecule has 3 aromatic rings. The van der Waals surface area contributed by atoms with E-state index in [0.29, 0.717) is 22.8 Å². The molecule has 0 bridgehead atoms. The first-order chi connectivity index (χ1) is 11.6. The summed E-state index contributed by atoms with van der Waals surface area (Å²) in [5, 5.41) is 8.93. The van der Waals surface area contributed by atoms with E-state index in [1.54, 1.807) is 17.9 Å². The van der Waals surface area contributed by atoms with Gasteiger partial charge in [0.2, 0.25) is 0 Å². The monoisotopic (exact) mass is 341 g/mol. The van der Waals surface area contributed by atoms with Crippen molar-refractivity contribution >= 4 is 23.0 Å². The summed E-state index contributed by atoms with van der Waals surface area (Å²) < 4.78 is 1.61. The summed E-state index contributed by atoms with van der Waals surface area (Å²) in [4.78, 5) is 26.0. The highest BCUT2D eigenvalue weighted by Gasteiger charge is 2.16. The molecule has 0 aliphatic carbocycles. The predicted octanol–water partition coefficient (Wildman–Crippen LogP) is 2.61. The third-order valence-corrected chi connectivity index (χ3v) is 4.27. The first-order valence-electron chi connectivity index (χ1n) is 7.23. The average molecular weight is 341 g/mol. The lowest BCUT2D eigenvalue weighted by molar-refractivity contribution is 0.0520. The second-order valence-electron chi connectivity index (χ2n) is 5.02. The maximum Gasteiger partial charge on any atom is 0.377 e. The lowest BCUT2D eigenvalue weighted by atomic mass is 10.1. The summed E-state index contributed by atoms with van der Waals surface area (Å²) in [7, 11) is 0. The maximum atomic E-state index is 12.2. The molecular weight excluding hydrogens is 326 g/mol. The van der Waals surface area contributed by atoms with Gasteiger partial charge in [0.15, 0.2) is 0 Å². The zero-order valence-corrected chi connectivity index (χ0v) is 14.0. The molecule has 2 heterocycles. The summed E-state index contributed by atoms with van der Waals surface area (Å²) in [6, 6.07) is 9.48. The molecule has 3 rings (SSSR count). The average Bonchev–Trinajstić information content (AvgIpc) is 3.21. The second kappa shape index (κ2) is 7.14. The minimum Gasteiger partial charge on any atom is -0.311 e. The van der Waals surface area contributed by atoms with Crippen LogP contribution in [0.3, 0.4) is 0 Å². The Morgan fingerprint density at radius 3 is 2.71 bits per heavy atom. The van der Waals surface area contributed by atoms with E-state index in [1.165, 1.54) is 17.7 Å². The molecule has 0 unspecified atom stereocenters. The van der Waals surface area contributed by atoms with E-state index in [9.17, 15) is 4.79 Å². The van der Waals surface area contributed by atoms with E-state index >= 15 is 0 Å². The largest absolute Gasteiger partial charge is 0.377 e. The zero-order chi connectivity index (χ0) is 16.9. The maximum absolute atomic E-state index is 12.2. The molecule has 0 aliphatic rings. The quantitative estimate of drug-likeness (QED) is 0.405. The summed E-state index contributed by atoms with van der Waals surface area (Å²) in [6.07, 6.45) is 3.02. The Labute approximate surface area is 142 Å². The Balaban J connectivity index is 1.83. The van der Waals surface area contributed by atoms with Crippen molar-refractivity contribution in [1.82, 2.24) is 19.7 Å². The van der Waals surface area contributed by atoms with Gasteiger partial charge in [-0.25, -0.2) is 19.4 Å². The lowest BCUT2D eigenvalue weighted by Crippen LogP contribution is -2.14. The number of carbonyl (C=O) groups excluding carboxylic acids is 1. The van der Waals surface area contributed by atoms with Crippen molar-refractivity contribution in [2.45, 2.75) is 20.4 Å². The van der Waals surface area contributed by atoms with Gasteiger partial charge < -0.3 is 4.84 Å². The van der Waals surface area contributed by atoms with Gasteiger partial charge in [0.1, 0.15) is 23.2 Å². The van der Waals surface area contributed by atoms with Crippen molar-refractivity contribution in [3.05, 3.63) is 64.1 Å². The highest BCUT2D eigenvalue weighted by Crippen LogP contribution is 2.18. The van der Waals surface area contributed by atoms with Crippen LogP contribution in [0.15, 0.2) is 48.1 Å². The smallest absolute Gasteiger partial charge is 0.311 e. The van der Waals surface area contributed by atoms with Gasteiger partial charge in [-0.2, -0.15) is 5.10 Å². The number of carbonyl (C=O) groups is 1. The van der Waals surface area contributed by atoms with Crippen LogP contribution in [0.4, 0.5) is 0 Å². The van der Waals surface area contributed by atoms with Crippen molar-refractivity contribution in [2.75, 3.05) is 0 Å². The van der Waals surface area contributed by atoms with Gasteiger partial charge >= 0.3 is 5.97 Å². The number of rotatable bonds is 5. The van der Waals surface area contributed by atoms with Gasteiger partial charge in [-0.3, -0.25) is 0 Å². The van der Waals surface area contributed by atoms with Gasteiger partial charge in [0.25, 0.3) is 0 Å². The minimum atomic E-state index is -0.509. The van der Waals surface area contributed by atoms with Crippen LogP contribution in [0.1, 0.15) is 25.9 Å². The van der Waals surface area contributed by atoms with E-state index in [4.69, 9.17) is 4.84 Å². The Kier molecular flexibility index (Phi) is 4.76. The standard InChI is InChI=1S/C16H15N5O2S/c1-11-15(24-12(2)19-11)16(22)23-20-14(8-21-10-17-9-18-21)13-6-4-3-5-7-13/h3-7,9-10H,8H2,1-2H3/b20-14+. The van der Waals surface area contributed by atoms with Crippen molar-refractivity contribution < 1.29 is 9.63 Å². The van der Waals surface area contributed by atoms with Crippen LogP contribution in [-0.2, 0) is 11.4 Å². The predicted molar refractivity (Wildman–Crippen MR) is 90.0 cm³/mol. The molecule has 0 saturated carbocycles. The number of hydrogen-bond donors (Lipinski definition) is 0. The molecule has 0 spiro atoms. The Morgan fingerprint density at radius 1 is 1.29 bits per heavy atom. The number of aromatic nitrogens is 4. The molecule has 8 heteroatoms. The fourth-order valence-electron chi connectivity index (χ4n) is 2.13.